The van der Waals surface area contributed by atoms with Gasteiger partial charge in [0.2, 0.25) is 0 Å². The van der Waals surface area contributed by atoms with Crippen molar-refractivity contribution in [2.75, 3.05) is 26.2 Å². The minimum Gasteiger partial charge on any atom is -0.396 e. The minimum atomic E-state index is 0.270. The van der Waals surface area contributed by atoms with Gasteiger partial charge < -0.3 is 10.4 Å². The lowest BCUT2D eigenvalue weighted by molar-refractivity contribution is 0.236. The Hall–Kier alpha value is -0.380. The first kappa shape index (κ1) is 11.7. The third-order valence-corrected chi connectivity index (χ3v) is 2.74. The van der Waals surface area contributed by atoms with E-state index in [2.05, 4.69) is 23.7 Å². The Morgan fingerprint density at radius 2 is 2.43 bits per heavy atom. The van der Waals surface area contributed by atoms with Crippen molar-refractivity contribution in [2.24, 2.45) is 0 Å². The second-order valence-corrected chi connectivity index (χ2v) is 4.11. The molecule has 2 unspecified atom stereocenters. The highest BCUT2D eigenvalue weighted by Gasteiger charge is 2.19. The number of hydrogen-bond donors (Lipinski definition) is 2. The summed E-state index contributed by atoms with van der Waals surface area (Å²) in [5, 5.41) is 12.5. The van der Waals surface area contributed by atoms with E-state index in [-0.39, 0.29) is 6.61 Å². The van der Waals surface area contributed by atoms with Crippen LogP contribution >= 0.6 is 0 Å². The summed E-state index contributed by atoms with van der Waals surface area (Å²) in [4.78, 5) is 2.39. The van der Waals surface area contributed by atoms with Gasteiger partial charge in [0.05, 0.1) is 0 Å². The number of aliphatic hydroxyl groups is 1. The molecule has 1 saturated heterocycles. The zero-order valence-corrected chi connectivity index (χ0v) is 9.08. The molecule has 0 aromatic carbocycles. The van der Waals surface area contributed by atoms with Crippen LogP contribution in [0.4, 0.5) is 0 Å². The number of hydrogen-bond acceptors (Lipinski definition) is 3. The van der Waals surface area contributed by atoms with Crippen LogP contribution in [0.5, 0.6) is 0 Å². The highest BCUT2D eigenvalue weighted by molar-refractivity contribution is 4.83. The molecular weight excluding hydrogens is 176 g/mol. The third kappa shape index (κ3) is 3.78. The maximum atomic E-state index is 8.93. The molecule has 0 aromatic rings. The second-order valence-electron chi connectivity index (χ2n) is 4.11. The molecule has 1 aliphatic rings. The molecule has 0 radical (unpaired) electrons. The molecule has 0 spiro atoms. The van der Waals surface area contributed by atoms with Crippen molar-refractivity contribution in [3.05, 3.63) is 12.7 Å². The molecule has 14 heavy (non-hydrogen) atoms. The zero-order valence-electron chi connectivity index (χ0n) is 9.08. The van der Waals surface area contributed by atoms with E-state index in [1.807, 2.05) is 6.08 Å². The predicted octanol–water partition coefficient (Wildman–Crippen LogP) is 0.607. The van der Waals surface area contributed by atoms with E-state index < -0.39 is 0 Å². The summed E-state index contributed by atoms with van der Waals surface area (Å²) < 4.78 is 0. The summed E-state index contributed by atoms with van der Waals surface area (Å²) in [6.45, 7) is 9.35. The lowest BCUT2D eigenvalue weighted by atomic mass is 10.2. The lowest BCUT2D eigenvalue weighted by Gasteiger charge is -2.22. The van der Waals surface area contributed by atoms with E-state index in [1.54, 1.807) is 0 Å². The van der Waals surface area contributed by atoms with Gasteiger partial charge in [-0.3, -0.25) is 4.90 Å². The van der Waals surface area contributed by atoms with E-state index in [9.17, 15) is 0 Å². The molecule has 0 saturated carbocycles. The number of nitrogens with one attached hydrogen (secondary N) is 1. The summed E-state index contributed by atoms with van der Waals surface area (Å²) in [6, 6.07) is 0.985. The Bertz CT molecular complexity index is 173. The predicted molar refractivity (Wildman–Crippen MR) is 59.3 cm³/mol. The quantitative estimate of drug-likeness (QED) is 0.650. The first-order valence-electron chi connectivity index (χ1n) is 5.46. The SMILES string of the molecule is C=CCN1CCC(C)NC(CCO)C1. The highest BCUT2D eigenvalue weighted by atomic mass is 16.3. The van der Waals surface area contributed by atoms with Gasteiger partial charge in [-0.15, -0.1) is 6.58 Å². The Morgan fingerprint density at radius 3 is 3.07 bits per heavy atom. The molecule has 2 N–H and O–H groups in total. The van der Waals surface area contributed by atoms with Gasteiger partial charge in [0.25, 0.3) is 0 Å². The van der Waals surface area contributed by atoms with Crippen LogP contribution in [-0.2, 0) is 0 Å². The number of aliphatic hydroxyl groups excluding tert-OH is 1. The summed E-state index contributed by atoms with van der Waals surface area (Å²) in [5.74, 6) is 0. The smallest absolute Gasteiger partial charge is 0.0446 e. The summed E-state index contributed by atoms with van der Waals surface area (Å²) in [6.07, 6.45) is 3.97. The molecule has 0 aromatic heterocycles. The molecule has 1 rings (SSSR count). The average molecular weight is 198 g/mol. The van der Waals surface area contributed by atoms with Crippen LogP contribution in [0.2, 0.25) is 0 Å². The van der Waals surface area contributed by atoms with Gasteiger partial charge in [0.1, 0.15) is 0 Å². The van der Waals surface area contributed by atoms with Gasteiger partial charge in [0.15, 0.2) is 0 Å². The van der Waals surface area contributed by atoms with Crippen LogP contribution < -0.4 is 5.32 Å². The van der Waals surface area contributed by atoms with Crippen molar-refractivity contribution in [3.8, 4) is 0 Å². The van der Waals surface area contributed by atoms with Crippen molar-refractivity contribution in [3.63, 3.8) is 0 Å². The fourth-order valence-corrected chi connectivity index (χ4v) is 2.00. The number of nitrogens with zero attached hydrogens (tertiary/aromatic N) is 1. The first-order valence-corrected chi connectivity index (χ1v) is 5.46. The minimum absolute atomic E-state index is 0.270. The van der Waals surface area contributed by atoms with E-state index in [0.717, 1.165) is 26.1 Å². The molecule has 2 atom stereocenters. The molecule has 3 nitrogen and oxygen atoms in total. The molecule has 0 bridgehead atoms. The molecule has 82 valence electrons. The monoisotopic (exact) mass is 198 g/mol. The van der Waals surface area contributed by atoms with Crippen molar-refractivity contribution < 1.29 is 5.11 Å². The Balaban J connectivity index is 2.45. The topological polar surface area (TPSA) is 35.5 Å². The highest BCUT2D eigenvalue weighted by Crippen LogP contribution is 2.07. The fraction of sp³-hybridized carbons (Fsp3) is 0.818. The van der Waals surface area contributed by atoms with Gasteiger partial charge in [-0.2, -0.15) is 0 Å². The van der Waals surface area contributed by atoms with Crippen molar-refractivity contribution in [1.82, 2.24) is 10.2 Å². The van der Waals surface area contributed by atoms with Crippen molar-refractivity contribution >= 4 is 0 Å². The Kier molecular flexibility index (Phi) is 5.15. The standard InChI is InChI=1S/C11H22N2O/c1-3-6-13-7-4-10(2)12-11(9-13)5-8-14/h3,10-12,14H,1,4-9H2,2H3. The lowest BCUT2D eigenvalue weighted by Crippen LogP contribution is -2.40. The van der Waals surface area contributed by atoms with Crippen LogP contribution in [0.25, 0.3) is 0 Å². The van der Waals surface area contributed by atoms with Gasteiger partial charge in [-0.1, -0.05) is 6.08 Å². The van der Waals surface area contributed by atoms with E-state index in [1.165, 1.54) is 6.42 Å². The Morgan fingerprint density at radius 1 is 1.64 bits per heavy atom. The molecular formula is C11H22N2O. The van der Waals surface area contributed by atoms with E-state index >= 15 is 0 Å². The molecule has 1 aliphatic heterocycles. The second kappa shape index (κ2) is 6.17. The van der Waals surface area contributed by atoms with Crippen LogP contribution in [0.15, 0.2) is 12.7 Å². The summed E-state index contributed by atoms with van der Waals surface area (Å²) in [7, 11) is 0. The van der Waals surface area contributed by atoms with Gasteiger partial charge in [-0.05, 0) is 26.3 Å². The van der Waals surface area contributed by atoms with Crippen molar-refractivity contribution in [2.45, 2.75) is 31.8 Å². The molecule has 0 amide bonds. The molecule has 3 heteroatoms. The van der Waals surface area contributed by atoms with E-state index in [4.69, 9.17) is 5.11 Å². The van der Waals surface area contributed by atoms with E-state index in [0.29, 0.717) is 12.1 Å². The maximum absolute atomic E-state index is 8.93. The zero-order chi connectivity index (χ0) is 10.4. The Labute approximate surface area is 86.8 Å². The van der Waals surface area contributed by atoms with Gasteiger partial charge in [0, 0.05) is 31.8 Å². The fourth-order valence-electron chi connectivity index (χ4n) is 2.00. The maximum Gasteiger partial charge on any atom is 0.0446 e. The summed E-state index contributed by atoms with van der Waals surface area (Å²) in [5.41, 5.74) is 0. The van der Waals surface area contributed by atoms with Crippen LogP contribution in [-0.4, -0.2) is 48.3 Å². The number of rotatable bonds is 4. The van der Waals surface area contributed by atoms with Crippen LogP contribution in [0.3, 0.4) is 0 Å². The third-order valence-electron chi connectivity index (χ3n) is 2.74. The first-order chi connectivity index (χ1) is 6.76. The largest absolute Gasteiger partial charge is 0.396 e. The average Bonchev–Trinajstić information content (AvgIpc) is 2.30. The van der Waals surface area contributed by atoms with Crippen LogP contribution in [0, 0.1) is 0 Å². The summed E-state index contributed by atoms with van der Waals surface area (Å²) >= 11 is 0. The van der Waals surface area contributed by atoms with Crippen molar-refractivity contribution in [1.29, 1.82) is 0 Å². The normalized spacial score (nSPS) is 29.9. The molecule has 1 fully saturated rings. The molecule has 0 aliphatic carbocycles. The van der Waals surface area contributed by atoms with Crippen LogP contribution in [0.1, 0.15) is 19.8 Å². The molecule has 1 heterocycles. The van der Waals surface area contributed by atoms with Gasteiger partial charge >= 0.3 is 0 Å². The van der Waals surface area contributed by atoms with Gasteiger partial charge in [-0.25, -0.2) is 0 Å².